The van der Waals surface area contributed by atoms with E-state index in [9.17, 15) is 4.79 Å². The van der Waals surface area contributed by atoms with Gasteiger partial charge in [-0.1, -0.05) is 5.92 Å². The summed E-state index contributed by atoms with van der Waals surface area (Å²) in [5.74, 6) is 2.30. The first kappa shape index (κ1) is 15.9. The normalized spacial score (nSPS) is 10.9. The molecule has 1 amide bonds. The van der Waals surface area contributed by atoms with Gasteiger partial charge in [-0.05, 0) is 6.42 Å². The topological polar surface area (TPSA) is 68.2 Å². The first-order chi connectivity index (χ1) is 8.05. The zero-order valence-electron chi connectivity index (χ0n) is 10.4. The molecule has 0 fully saturated rings. The predicted octanol–water partition coefficient (Wildman–Crippen LogP) is 0.868. The summed E-state index contributed by atoms with van der Waals surface area (Å²) < 4.78 is 15.7. The molecule has 0 spiro atoms. The first-order valence-corrected chi connectivity index (χ1v) is 7.05. The quantitative estimate of drug-likeness (QED) is 0.518. The summed E-state index contributed by atoms with van der Waals surface area (Å²) in [6, 6.07) is 0.546. The molecule has 0 aromatic carbocycles. The number of rotatable bonds is 8. The van der Waals surface area contributed by atoms with E-state index in [-0.39, 0.29) is 6.54 Å². The van der Waals surface area contributed by atoms with E-state index in [0.717, 1.165) is 0 Å². The molecule has 0 aromatic rings. The lowest BCUT2D eigenvalue weighted by Gasteiger charge is -2.25. The van der Waals surface area contributed by atoms with E-state index in [1.165, 1.54) is 26.2 Å². The molecule has 0 aliphatic heterocycles. The van der Waals surface area contributed by atoms with E-state index >= 15 is 0 Å². The molecule has 0 aliphatic carbocycles. The minimum Gasteiger partial charge on any atom is -0.465 e. The summed E-state index contributed by atoms with van der Waals surface area (Å²) in [5, 5.41) is 8.85. The Morgan fingerprint density at radius 3 is 2.24 bits per heavy atom. The van der Waals surface area contributed by atoms with Gasteiger partial charge in [0.1, 0.15) is 0 Å². The van der Waals surface area contributed by atoms with E-state index < -0.39 is 14.9 Å². The lowest BCUT2D eigenvalue weighted by molar-refractivity contribution is 0.120. The lowest BCUT2D eigenvalue weighted by atomic mass is 10.4. The maximum absolute atomic E-state index is 10.8. The Balaban J connectivity index is 4.19. The fraction of sp³-hybridized carbons (Fsp3) is 0.700. The highest BCUT2D eigenvalue weighted by atomic mass is 28.4. The van der Waals surface area contributed by atoms with Gasteiger partial charge in [-0.25, -0.2) is 4.79 Å². The van der Waals surface area contributed by atoms with Crippen LogP contribution in [0.2, 0.25) is 6.04 Å². The van der Waals surface area contributed by atoms with Crippen molar-refractivity contribution in [2.75, 3.05) is 34.4 Å². The van der Waals surface area contributed by atoms with E-state index in [1.54, 1.807) is 0 Å². The number of hydrogen-bond acceptors (Lipinski definition) is 4. The molecule has 0 aliphatic rings. The van der Waals surface area contributed by atoms with E-state index in [1.807, 2.05) is 0 Å². The molecule has 0 saturated heterocycles. The van der Waals surface area contributed by atoms with Crippen molar-refractivity contribution in [1.29, 1.82) is 0 Å². The Hall–Kier alpha value is -1.07. The molecule has 0 radical (unpaired) electrons. The fourth-order valence-electron chi connectivity index (χ4n) is 1.40. The van der Waals surface area contributed by atoms with Crippen LogP contribution >= 0.6 is 0 Å². The monoisotopic (exact) mass is 261 g/mol. The smallest absolute Gasteiger partial charge is 0.465 e. The van der Waals surface area contributed by atoms with Gasteiger partial charge in [0.05, 0.1) is 6.54 Å². The second kappa shape index (κ2) is 8.08. The van der Waals surface area contributed by atoms with E-state index in [4.69, 9.17) is 24.8 Å². The third-order valence-electron chi connectivity index (χ3n) is 2.40. The van der Waals surface area contributed by atoms with Crippen LogP contribution in [-0.2, 0) is 13.3 Å². The van der Waals surface area contributed by atoms with Gasteiger partial charge in [-0.2, -0.15) is 0 Å². The Labute approximate surface area is 103 Å². The zero-order chi connectivity index (χ0) is 13.3. The van der Waals surface area contributed by atoms with Gasteiger partial charge < -0.3 is 18.4 Å². The van der Waals surface area contributed by atoms with Gasteiger partial charge in [0.2, 0.25) is 0 Å². The summed E-state index contributed by atoms with van der Waals surface area (Å²) in [5.41, 5.74) is 0. The summed E-state index contributed by atoms with van der Waals surface area (Å²) in [6.45, 7) is 0.418. The van der Waals surface area contributed by atoms with Crippen LogP contribution in [0.4, 0.5) is 4.79 Å². The Morgan fingerprint density at radius 1 is 1.35 bits per heavy atom. The molecule has 0 aromatic heterocycles. The minimum absolute atomic E-state index is 0.0802. The van der Waals surface area contributed by atoms with Crippen LogP contribution in [0.3, 0.4) is 0 Å². The molecular weight excluding hydrogens is 242 g/mol. The van der Waals surface area contributed by atoms with E-state index in [0.29, 0.717) is 19.0 Å². The van der Waals surface area contributed by atoms with Crippen molar-refractivity contribution in [3.63, 3.8) is 0 Å². The van der Waals surface area contributed by atoms with Crippen molar-refractivity contribution in [3.8, 4) is 12.3 Å². The van der Waals surface area contributed by atoms with Crippen molar-refractivity contribution < 1.29 is 23.2 Å². The first-order valence-electron chi connectivity index (χ1n) is 5.12. The molecular formula is C10H19NO5Si. The van der Waals surface area contributed by atoms with Crippen molar-refractivity contribution in [2.24, 2.45) is 0 Å². The van der Waals surface area contributed by atoms with Crippen LogP contribution in [0.25, 0.3) is 0 Å². The van der Waals surface area contributed by atoms with Gasteiger partial charge in [0.15, 0.2) is 0 Å². The fourth-order valence-corrected chi connectivity index (χ4v) is 3.10. The summed E-state index contributed by atoms with van der Waals surface area (Å²) in [7, 11) is 1.96. The molecule has 0 heterocycles. The zero-order valence-corrected chi connectivity index (χ0v) is 11.4. The SMILES string of the molecule is C#CCN(CCC[Si](OC)(OC)OC)C(=O)O. The predicted molar refractivity (Wildman–Crippen MR) is 64.6 cm³/mol. The molecule has 17 heavy (non-hydrogen) atoms. The third-order valence-corrected chi connectivity index (χ3v) is 5.23. The lowest BCUT2D eigenvalue weighted by Crippen LogP contribution is -2.43. The van der Waals surface area contributed by atoms with Gasteiger partial charge >= 0.3 is 14.9 Å². The van der Waals surface area contributed by atoms with E-state index in [2.05, 4.69) is 5.92 Å². The maximum Gasteiger partial charge on any atom is 0.500 e. The molecule has 6 nitrogen and oxygen atoms in total. The average Bonchev–Trinajstić information content (AvgIpc) is 2.34. The average molecular weight is 261 g/mol. The van der Waals surface area contributed by atoms with Crippen LogP contribution in [-0.4, -0.2) is 59.3 Å². The number of carboxylic acid groups (broad SMARTS) is 1. The molecule has 1 N–H and O–H groups in total. The van der Waals surface area contributed by atoms with Crippen molar-refractivity contribution in [2.45, 2.75) is 12.5 Å². The minimum atomic E-state index is -2.61. The van der Waals surface area contributed by atoms with Crippen molar-refractivity contribution in [3.05, 3.63) is 0 Å². The summed E-state index contributed by atoms with van der Waals surface area (Å²) >= 11 is 0. The number of amides is 1. The number of terminal acetylenes is 1. The Kier molecular flexibility index (Phi) is 7.57. The summed E-state index contributed by atoms with van der Waals surface area (Å²) in [6.07, 6.45) is 4.64. The van der Waals surface area contributed by atoms with Crippen LogP contribution in [0.1, 0.15) is 6.42 Å². The standard InChI is InChI=1S/C10H19NO5Si/c1-5-7-11(10(12)13)8-6-9-17(14-2,15-3)16-4/h1H,6-9H2,2-4H3,(H,12,13). The largest absolute Gasteiger partial charge is 0.500 e. The molecule has 0 saturated carbocycles. The molecule has 0 bridgehead atoms. The van der Waals surface area contributed by atoms with Crippen molar-refractivity contribution >= 4 is 14.9 Å². The van der Waals surface area contributed by atoms with Crippen LogP contribution in [0.15, 0.2) is 0 Å². The summed E-state index contributed by atoms with van der Waals surface area (Å²) in [4.78, 5) is 12.0. The molecule has 0 unspecified atom stereocenters. The van der Waals surface area contributed by atoms with Gasteiger partial charge in [0, 0.05) is 33.9 Å². The maximum atomic E-state index is 10.8. The third kappa shape index (κ3) is 5.19. The highest BCUT2D eigenvalue weighted by Crippen LogP contribution is 2.15. The van der Waals surface area contributed by atoms with Crippen LogP contribution < -0.4 is 0 Å². The van der Waals surface area contributed by atoms with Gasteiger partial charge in [-0.3, -0.25) is 4.90 Å². The highest BCUT2D eigenvalue weighted by Gasteiger charge is 2.37. The second-order valence-electron chi connectivity index (χ2n) is 3.31. The number of hydrogen-bond donors (Lipinski definition) is 1. The van der Waals surface area contributed by atoms with Crippen LogP contribution in [0.5, 0.6) is 0 Å². The molecule has 7 heteroatoms. The Bertz CT molecular complexity index is 266. The molecule has 0 atom stereocenters. The Morgan fingerprint density at radius 2 is 1.88 bits per heavy atom. The van der Waals surface area contributed by atoms with Crippen molar-refractivity contribution in [1.82, 2.24) is 4.90 Å². The van der Waals surface area contributed by atoms with Gasteiger partial charge in [-0.15, -0.1) is 6.42 Å². The molecule has 0 rings (SSSR count). The highest BCUT2D eigenvalue weighted by molar-refractivity contribution is 6.60. The molecule has 98 valence electrons. The number of carbonyl (C=O) groups is 1. The van der Waals surface area contributed by atoms with Gasteiger partial charge in [0.25, 0.3) is 0 Å². The number of nitrogens with zero attached hydrogens (tertiary/aromatic N) is 1. The van der Waals surface area contributed by atoms with Crippen LogP contribution in [0, 0.1) is 12.3 Å². The second-order valence-corrected chi connectivity index (χ2v) is 6.40.